The second-order valence-electron chi connectivity index (χ2n) is 17.8. The Morgan fingerprint density at radius 1 is 0.246 bits per heavy atom. The van der Waals surface area contributed by atoms with Crippen molar-refractivity contribution in [3.63, 3.8) is 0 Å². The van der Waals surface area contributed by atoms with Gasteiger partial charge in [-0.3, -0.25) is 0 Å². The molecular weight excluding hydrogens is 835 g/mol. The minimum atomic E-state index is -0.568. The van der Waals surface area contributed by atoms with Crippen LogP contribution in [0.15, 0.2) is 261 Å². The number of fused-ring (bicyclic) bond motifs is 5. The minimum absolute atomic E-state index is 0.568. The molecule has 1 aromatic heterocycles. The summed E-state index contributed by atoms with van der Waals surface area (Å²) in [5.41, 5.74) is 16.2. The van der Waals surface area contributed by atoms with E-state index in [4.69, 9.17) is 15.0 Å². The van der Waals surface area contributed by atoms with Gasteiger partial charge in [0.15, 0.2) is 17.5 Å². The number of aromatic nitrogens is 3. The van der Waals surface area contributed by atoms with Crippen LogP contribution >= 0.6 is 0 Å². The maximum atomic E-state index is 5.53. The molecule has 0 saturated heterocycles. The fraction of sp³-hybridized carbons (Fsp3) is 0.0152. The molecule has 0 saturated carbocycles. The van der Waals surface area contributed by atoms with Crippen molar-refractivity contribution in [1.29, 1.82) is 0 Å². The van der Waals surface area contributed by atoms with Gasteiger partial charge in [0.2, 0.25) is 0 Å². The van der Waals surface area contributed by atoms with E-state index in [1.54, 1.807) is 0 Å². The highest BCUT2D eigenvalue weighted by Crippen LogP contribution is 2.58. The first kappa shape index (κ1) is 40.2. The molecule has 0 radical (unpaired) electrons. The smallest absolute Gasteiger partial charge is 0.164 e. The van der Waals surface area contributed by atoms with Gasteiger partial charge >= 0.3 is 0 Å². The van der Waals surface area contributed by atoms with Crippen molar-refractivity contribution < 1.29 is 0 Å². The Kier molecular flexibility index (Phi) is 9.73. The van der Waals surface area contributed by atoms with Gasteiger partial charge in [0.05, 0.1) is 5.41 Å². The van der Waals surface area contributed by atoms with Gasteiger partial charge in [0, 0.05) is 16.7 Å². The molecule has 0 fully saturated rings. The zero-order valence-electron chi connectivity index (χ0n) is 37.7. The lowest BCUT2D eigenvalue weighted by Crippen LogP contribution is -2.28. The van der Waals surface area contributed by atoms with Gasteiger partial charge in [0.1, 0.15) is 0 Å². The third-order valence-corrected chi connectivity index (χ3v) is 14.0. The molecule has 1 heterocycles. The van der Waals surface area contributed by atoms with E-state index in [2.05, 4.69) is 261 Å². The molecule has 1 aliphatic rings. The number of hydrogen-bond donors (Lipinski definition) is 0. The largest absolute Gasteiger partial charge is 0.208 e. The predicted molar refractivity (Wildman–Crippen MR) is 285 cm³/mol. The van der Waals surface area contributed by atoms with Crippen molar-refractivity contribution in [3.05, 3.63) is 283 Å². The maximum Gasteiger partial charge on any atom is 0.164 e. The average Bonchev–Trinajstić information content (AvgIpc) is 3.74. The summed E-state index contributed by atoms with van der Waals surface area (Å²) in [6.45, 7) is 0. The Hall–Kier alpha value is -9.05. The van der Waals surface area contributed by atoms with Crippen LogP contribution in [0, 0.1) is 0 Å². The van der Waals surface area contributed by atoms with E-state index in [0.717, 1.165) is 44.5 Å². The predicted octanol–water partition coefficient (Wildman–Crippen LogP) is 16.5. The van der Waals surface area contributed by atoms with Crippen molar-refractivity contribution in [1.82, 2.24) is 15.0 Å². The summed E-state index contributed by atoms with van der Waals surface area (Å²) >= 11 is 0. The first-order valence-corrected chi connectivity index (χ1v) is 23.6. The molecule has 3 nitrogen and oxygen atoms in total. The zero-order valence-corrected chi connectivity index (χ0v) is 37.7. The maximum absolute atomic E-state index is 5.53. The van der Waals surface area contributed by atoms with Gasteiger partial charge in [-0.2, -0.15) is 0 Å². The Morgan fingerprint density at radius 3 is 1.41 bits per heavy atom. The summed E-state index contributed by atoms with van der Waals surface area (Å²) < 4.78 is 0. The van der Waals surface area contributed by atoms with Crippen LogP contribution in [0.25, 0.3) is 100 Å². The van der Waals surface area contributed by atoms with Crippen LogP contribution in [0.2, 0.25) is 0 Å². The van der Waals surface area contributed by atoms with Crippen LogP contribution in [0.3, 0.4) is 0 Å². The van der Waals surface area contributed by atoms with Crippen LogP contribution in [0.1, 0.15) is 22.3 Å². The summed E-state index contributed by atoms with van der Waals surface area (Å²) in [6, 6.07) is 93.6. The lowest BCUT2D eigenvalue weighted by atomic mass is 9.67. The van der Waals surface area contributed by atoms with Crippen LogP contribution < -0.4 is 0 Å². The topological polar surface area (TPSA) is 38.7 Å². The highest BCUT2D eigenvalue weighted by Gasteiger charge is 2.47. The first-order valence-electron chi connectivity index (χ1n) is 23.6. The highest BCUT2D eigenvalue weighted by atomic mass is 15.0. The third-order valence-electron chi connectivity index (χ3n) is 14.0. The van der Waals surface area contributed by atoms with E-state index in [-0.39, 0.29) is 0 Å². The van der Waals surface area contributed by atoms with Crippen molar-refractivity contribution in [3.8, 4) is 78.7 Å². The van der Waals surface area contributed by atoms with Crippen LogP contribution in [-0.2, 0) is 5.41 Å². The molecule has 12 aromatic rings. The molecule has 3 heteroatoms. The number of rotatable bonds is 8. The Bertz CT molecular complexity index is 3850. The standard InChI is InChI=1S/C66H43N3/c1-3-25-50(26-4-1)66(51-27-5-2-6-28-51)60-37-14-13-33-58(60)62-59(36-18-38-61(62)66)65-68-63(67-64(69-65)57-32-12-11-31-56(57)55-35-17-22-46-20-8-10-30-54(46)55)49-24-15-23-48(43-49)44-39-41-47(42-40-44)53-34-16-21-45-19-7-9-29-52(45)53/h1-43H. The summed E-state index contributed by atoms with van der Waals surface area (Å²) in [7, 11) is 0. The van der Waals surface area contributed by atoms with Crippen LogP contribution in [0.4, 0.5) is 0 Å². The number of hydrogen-bond acceptors (Lipinski definition) is 3. The molecular formula is C66H43N3. The third kappa shape index (κ3) is 6.70. The molecule has 0 amide bonds. The molecule has 0 bridgehead atoms. The second-order valence-corrected chi connectivity index (χ2v) is 17.8. The van der Waals surface area contributed by atoms with Crippen molar-refractivity contribution in [2.24, 2.45) is 0 Å². The van der Waals surface area contributed by atoms with Gasteiger partial charge < -0.3 is 0 Å². The number of benzene rings is 11. The van der Waals surface area contributed by atoms with Gasteiger partial charge in [0.25, 0.3) is 0 Å². The van der Waals surface area contributed by atoms with Gasteiger partial charge in [-0.05, 0) is 94.4 Å². The Balaban J connectivity index is 1.02. The van der Waals surface area contributed by atoms with Crippen molar-refractivity contribution >= 4 is 21.5 Å². The monoisotopic (exact) mass is 877 g/mol. The van der Waals surface area contributed by atoms with Gasteiger partial charge in [-0.25, -0.2) is 15.0 Å². The van der Waals surface area contributed by atoms with Gasteiger partial charge in [-0.1, -0.05) is 255 Å². The van der Waals surface area contributed by atoms with Gasteiger partial charge in [-0.15, -0.1) is 0 Å². The van der Waals surface area contributed by atoms with E-state index in [1.807, 2.05) is 0 Å². The molecule has 0 atom stereocenters. The summed E-state index contributed by atoms with van der Waals surface area (Å²) in [5, 5.41) is 4.84. The molecule has 1 aliphatic carbocycles. The lowest BCUT2D eigenvalue weighted by Gasteiger charge is -2.33. The molecule has 13 rings (SSSR count). The average molecular weight is 878 g/mol. The highest BCUT2D eigenvalue weighted by molar-refractivity contribution is 6.01. The summed E-state index contributed by atoms with van der Waals surface area (Å²) in [4.78, 5) is 16.4. The quantitative estimate of drug-likeness (QED) is 0.153. The first-order chi connectivity index (χ1) is 34.2. The normalized spacial score (nSPS) is 12.5. The Morgan fingerprint density at radius 2 is 0.696 bits per heavy atom. The molecule has 0 unspecified atom stereocenters. The van der Waals surface area contributed by atoms with E-state index in [9.17, 15) is 0 Å². The molecule has 11 aromatic carbocycles. The molecule has 0 aliphatic heterocycles. The van der Waals surface area contributed by atoms with Crippen LogP contribution in [0.5, 0.6) is 0 Å². The second kappa shape index (κ2) is 16.7. The minimum Gasteiger partial charge on any atom is -0.208 e. The zero-order chi connectivity index (χ0) is 45.7. The van der Waals surface area contributed by atoms with E-state index in [0.29, 0.717) is 17.5 Å². The SMILES string of the molecule is c1ccc(C2(c3ccccc3)c3ccccc3-c3c(-c4nc(-c5cccc(-c6ccc(-c7cccc8ccccc78)cc6)c5)nc(-c5ccccc5-c5cccc6ccccc56)n4)cccc32)cc1. The fourth-order valence-electron chi connectivity index (χ4n) is 11.0. The van der Waals surface area contributed by atoms with Crippen molar-refractivity contribution in [2.75, 3.05) is 0 Å². The van der Waals surface area contributed by atoms with E-state index < -0.39 is 5.41 Å². The molecule has 69 heavy (non-hydrogen) atoms. The number of nitrogens with zero attached hydrogens (tertiary/aromatic N) is 3. The molecule has 0 N–H and O–H groups in total. The van der Waals surface area contributed by atoms with E-state index >= 15 is 0 Å². The summed E-state index contributed by atoms with van der Waals surface area (Å²) in [6.07, 6.45) is 0. The summed E-state index contributed by atoms with van der Waals surface area (Å²) in [5.74, 6) is 1.85. The Labute approximate surface area is 401 Å². The van der Waals surface area contributed by atoms with E-state index in [1.165, 1.54) is 60.5 Å². The molecule has 322 valence electrons. The molecule has 0 spiro atoms. The lowest BCUT2D eigenvalue weighted by molar-refractivity contribution is 0.768. The fourth-order valence-corrected chi connectivity index (χ4v) is 11.0. The van der Waals surface area contributed by atoms with Crippen LogP contribution in [-0.4, -0.2) is 15.0 Å². The van der Waals surface area contributed by atoms with Crippen molar-refractivity contribution in [2.45, 2.75) is 5.41 Å².